The van der Waals surface area contributed by atoms with Crippen LogP contribution in [0.2, 0.25) is 0 Å². The van der Waals surface area contributed by atoms with Crippen molar-refractivity contribution < 1.29 is 13.2 Å². The average Bonchev–Trinajstić information content (AvgIpc) is 3.11. The molecule has 0 amide bonds. The van der Waals surface area contributed by atoms with Gasteiger partial charge in [0.2, 0.25) is 5.92 Å². The van der Waals surface area contributed by atoms with Crippen molar-refractivity contribution in [3.05, 3.63) is 70.7 Å². The van der Waals surface area contributed by atoms with Gasteiger partial charge in [-0.3, -0.25) is 4.98 Å². The van der Waals surface area contributed by atoms with Gasteiger partial charge in [-0.15, -0.1) is 5.10 Å². The first-order chi connectivity index (χ1) is 18.3. The van der Waals surface area contributed by atoms with E-state index in [9.17, 15) is 8.78 Å². The molecular weight excluding hydrogens is 497 g/mol. The van der Waals surface area contributed by atoms with Gasteiger partial charge in [-0.05, 0) is 79.5 Å². The molecular formula is C32H39F3N4. The second-order valence-electron chi connectivity index (χ2n) is 12.6. The monoisotopic (exact) mass is 536 g/mol. The number of allylic oxidation sites excluding steroid dienone is 1. The number of aromatic nitrogens is 4. The molecule has 1 unspecified atom stereocenters. The second-order valence-corrected chi connectivity index (χ2v) is 12.6. The summed E-state index contributed by atoms with van der Waals surface area (Å²) < 4.78 is 44.7. The van der Waals surface area contributed by atoms with Crippen LogP contribution in [-0.2, 0) is 18.9 Å². The molecule has 2 aromatic heterocycles. The molecule has 39 heavy (non-hydrogen) atoms. The molecule has 7 heteroatoms. The maximum atomic E-state index is 15.5. The third-order valence-electron chi connectivity index (χ3n) is 8.58. The minimum atomic E-state index is -2.73. The summed E-state index contributed by atoms with van der Waals surface area (Å²) >= 11 is 0. The Labute approximate surface area is 229 Å². The number of aryl methyl sites for hydroxylation is 3. The van der Waals surface area contributed by atoms with Crippen LogP contribution in [0.15, 0.2) is 42.6 Å². The van der Waals surface area contributed by atoms with Gasteiger partial charge in [0.25, 0.3) is 0 Å². The van der Waals surface area contributed by atoms with Crippen LogP contribution in [0, 0.1) is 12.8 Å². The Kier molecular flexibility index (Phi) is 7.23. The van der Waals surface area contributed by atoms with E-state index < -0.39 is 11.6 Å². The van der Waals surface area contributed by atoms with E-state index in [-0.39, 0.29) is 37.0 Å². The molecule has 0 spiro atoms. The number of benzene rings is 1. The summed E-state index contributed by atoms with van der Waals surface area (Å²) in [6.45, 7) is 8.54. The summed E-state index contributed by atoms with van der Waals surface area (Å²) in [4.78, 5) is 4.97. The van der Waals surface area contributed by atoms with E-state index in [2.05, 4.69) is 67.5 Å². The lowest BCUT2D eigenvalue weighted by Gasteiger charge is -2.34. The highest BCUT2D eigenvalue weighted by atomic mass is 19.3. The highest BCUT2D eigenvalue weighted by Crippen LogP contribution is 2.44. The zero-order valence-electron chi connectivity index (χ0n) is 23.7. The maximum Gasteiger partial charge on any atom is 0.248 e. The Balaban J connectivity index is 1.47. The molecule has 2 aliphatic rings. The predicted octanol–water partition coefficient (Wildman–Crippen LogP) is 8.17. The first kappa shape index (κ1) is 27.6. The van der Waals surface area contributed by atoms with Crippen molar-refractivity contribution >= 4 is 5.57 Å². The van der Waals surface area contributed by atoms with Gasteiger partial charge < -0.3 is 0 Å². The van der Waals surface area contributed by atoms with E-state index in [4.69, 9.17) is 4.98 Å². The molecule has 0 radical (unpaired) electrons. The molecule has 3 aromatic rings. The van der Waals surface area contributed by atoms with Crippen LogP contribution >= 0.6 is 0 Å². The van der Waals surface area contributed by atoms with Crippen molar-refractivity contribution in [2.45, 2.75) is 96.1 Å². The first-order valence-corrected chi connectivity index (χ1v) is 14.1. The Morgan fingerprint density at radius 1 is 1.00 bits per heavy atom. The molecule has 2 aliphatic carbocycles. The van der Waals surface area contributed by atoms with Gasteiger partial charge >= 0.3 is 0 Å². The van der Waals surface area contributed by atoms with Crippen molar-refractivity contribution in [2.75, 3.05) is 0 Å². The zero-order chi connectivity index (χ0) is 28.0. The molecule has 208 valence electrons. The number of rotatable bonds is 5. The van der Waals surface area contributed by atoms with E-state index in [1.165, 1.54) is 5.56 Å². The summed E-state index contributed by atoms with van der Waals surface area (Å²) in [5.74, 6) is -2.59. The minimum Gasteiger partial charge on any atom is -0.255 e. The Morgan fingerprint density at radius 2 is 1.69 bits per heavy atom. The molecule has 5 rings (SSSR count). The number of hydrogen-bond acceptors (Lipinski definition) is 3. The molecule has 0 saturated heterocycles. The predicted molar refractivity (Wildman–Crippen MR) is 149 cm³/mol. The Morgan fingerprint density at radius 3 is 2.31 bits per heavy atom. The number of hydrogen-bond donors (Lipinski definition) is 0. The maximum absolute atomic E-state index is 15.5. The summed E-state index contributed by atoms with van der Waals surface area (Å²) in [7, 11) is 1.88. The molecule has 0 N–H and O–H groups in total. The third-order valence-corrected chi connectivity index (χ3v) is 8.58. The molecule has 4 nitrogen and oxygen atoms in total. The molecule has 0 aliphatic heterocycles. The molecule has 1 aromatic carbocycles. The standard InChI is InChI=1S/C32H39F3N4/c1-21-29(39(5)38-37-21)25-19-24-7-6-22(12-13-31(33)14-16-32(34,35)17-15-31)18-27(28(24)36-20-25)23-8-10-26(11-9-23)30(2,3)4/h8-11,18-20,22H,6-7,12-17H2,1-5H3. The molecule has 0 bridgehead atoms. The van der Waals surface area contributed by atoms with Gasteiger partial charge in [0, 0.05) is 37.2 Å². The highest BCUT2D eigenvalue weighted by Gasteiger charge is 2.43. The van der Waals surface area contributed by atoms with Gasteiger partial charge in [-0.2, -0.15) is 0 Å². The van der Waals surface area contributed by atoms with Crippen molar-refractivity contribution in [1.29, 1.82) is 0 Å². The third kappa shape index (κ3) is 5.97. The first-order valence-electron chi connectivity index (χ1n) is 14.1. The van der Waals surface area contributed by atoms with Crippen molar-refractivity contribution in [3.63, 3.8) is 0 Å². The van der Waals surface area contributed by atoms with E-state index in [1.807, 2.05) is 20.2 Å². The van der Waals surface area contributed by atoms with Crippen LogP contribution < -0.4 is 0 Å². The van der Waals surface area contributed by atoms with Crippen LogP contribution in [0.25, 0.3) is 16.8 Å². The fraction of sp³-hybridized carbons (Fsp3) is 0.531. The summed E-state index contributed by atoms with van der Waals surface area (Å²) in [5.41, 5.74) is 6.82. The van der Waals surface area contributed by atoms with E-state index in [0.29, 0.717) is 12.8 Å². The summed E-state index contributed by atoms with van der Waals surface area (Å²) in [5, 5.41) is 8.36. The summed E-state index contributed by atoms with van der Waals surface area (Å²) in [6.07, 6.45) is 5.95. The number of alkyl halides is 3. The SMILES string of the molecule is Cc1nnn(C)c1-c1cnc2c(c1)CCC(CCC1(F)CCC(F)(F)CC1)C=C2c1ccc(C(C)(C)C)cc1. The van der Waals surface area contributed by atoms with Crippen LogP contribution in [0.5, 0.6) is 0 Å². The second kappa shape index (κ2) is 10.2. The van der Waals surface area contributed by atoms with Crippen LogP contribution in [0.3, 0.4) is 0 Å². The lowest BCUT2D eigenvalue weighted by Crippen LogP contribution is -2.35. The topological polar surface area (TPSA) is 43.6 Å². The highest BCUT2D eigenvalue weighted by molar-refractivity contribution is 5.81. The van der Waals surface area contributed by atoms with Crippen molar-refractivity contribution in [1.82, 2.24) is 20.0 Å². The van der Waals surface area contributed by atoms with Crippen molar-refractivity contribution in [3.8, 4) is 11.3 Å². The molecule has 1 atom stereocenters. The van der Waals surface area contributed by atoms with E-state index in [0.717, 1.165) is 52.2 Å². The number of pyridine rings is 1. The van der Waals surface area contributed by atoms with Crippen LogP contribution in [0.4, 0.5) is 13.2 Å². The lowest BCUT2D eigenvalue weighted by atomic mass is 9.79. The average molecular weight is 537 g/mol. The molecule has 1 saturated carbocycles. The van der Waals surface area contributed by atoms with Gasteiger partial charge in [0.15, 0.2) is 0 Å². The fourth-order valence-electron chi connectivity index (χ4n) is 6.04. The van der Waals surface area contributed by atoms with Gasteiger partial charge in [0.1, 0.15) is 5.67 Å². The number of halogens is 3. The normalized spacial score (nSPS) is 20.7. The van der Waals surface area contributed by atoms with E-state index in [1.54, 1.807) is 4.68 Å². The molecule has 1 fully saturated rings. The lowest BCUT2D eigenvalue weighted by molar-refractivity contribution is -0.0783. The van der Waals surface area contributed by atoms with E-state index >= 15 is 4.39 Å². The fourth-order valence-corrected chi connectivity index (χ4v) is 6.04. The largest absolute Gasteiger partial charge is 0.255 e. The quantitative estimate of drug-likeness (QED) is 0.330. The number of nitrogens with zero attached hydrogens (tertiary/aromatic N) is 4. The van der Waals surface area contributed by atoms with Gasteiger partial charge in [-0.1, -0.05) is 56.3 Å². The van der Waals surface area contributed by atoms with Crippen LogP contribution in [0.1, 0.15) is 93.8 Å². The number of fused-ring (bicyclic) bond motifs is 1. The van der Waals surface area contributed by atoms with Gasteiger partial charge in [-0.25, -0.2) is 17.9 Å². The van der Waals surface area contributed by atoms with Gasteiger partial charge in [0.05, 0.1) is 17.1 Å². The minimum absolute atomic E-state index is 0.0468. The van der Waals surface area contributed by atoms with Crippen LogP contribution in [-0.4, -0.2) is 31.6 Å². The zero-order valence-corrected chi connectivity index (χ0v) is 23.7. The Bertz CT molecular complexity index is 1340. The smallest absolute Gasteiger partial charge is 0.248 e. The molecule has 2 heterocycles. The van der Waals surface area contributed by atoms with Crippen molar-refractivity contribution in [2.24, 2.45) is 13.0 Å². The Hall–Kier alpha value is -2.96. The summed E-state index contributed by atoms with van der Waals surface area (Å²) in [6, 6.07) is 10.8.